The van der Waals surface area contributed by atoms with Crippen molar-refractivity contribution < 1.29 is 9.90 Å². The number of hydrogen-bond acceptors (Lipinski definition) is 1. The largest absolute Gasteiger partial charge is 0.478 e. The summed E-state index contributed by atoms with van der Waals surface area (Å²) in [7, 11) is 0. The third-order valence-corrected chi connectivity index (χ3v) is 4.75. The van der Waals surface area contributed by atoms with Crippen LogP contribution in [-0.4, -0.2) is 11.1 Å². The van der Waals surface area contributed by atoms with Gasteiger partial charge >= 0.3 is 5.97 Å². The van der Waals surface area contributed by atoms with Crippen molar-refractivity contribution >= 4 is 52.4 Å². The number of rotatable bonds is 2. The maximum absolute atomic E-state index is 11.3. The second kappa shape index (κ2) is 6.05. The minimum absolute atomic E-state index is 0.189. The minimum atomic E-state index is -1.01. The Hall–Kier alpha value is -0.930. The molecule has 6 heteroatoms. The number of carboxylic acids is 1. The standard InChI is InChI=1S/C15H10Cl4O2/c1-6-3-7(2)9(15(20)21)4-8(6)12-10(16)5-11(17)13(18)14(12)19/h3-5H,1-2H3,(H,20,21). The summed E-state index contributed by atoms with van der Waals surface area (Å²) in [6.45, 7) is 3.58. The van der Waals surface area contributed by atoms with E-state index in [9.17, 15) is 9.90 Å². The highest BCUT2D eigenvalue weighted by atomic mass is 35.5. The van der Waals surface area contributed by atoms with Crippen molar-refractivity contribution in [3.8, 4) is 11.1 Å². The molecule has 2 nitrogen and oxygen atoms in total. The molecule has 0 aliphatic heterocycles. The van der Waals surface area contributed by atoms with Crippen molar-refractivity contribution in [2.24, 2.45) is 0 Å². The number of aromatic carboxylic acids is 1. The average Bonchev–Trinajstić information content (AvgIpc) is 2.38. The zero-order valence-corrected chi connectivity index (χ0v) is 14.1. The van der Waals surface area contributed by atoms with Crippen LogP contribution in [0, 0.1) is 13.8 Å². The van der Waals surface area contributed by atoms with Crippen molar-refractivity contribution in [1.82, 2.24) is 0 Å². The molecule has 0 aliphatic carbocycles. The minimum Gasteiger partial charge on any atom is -0.478 e. The molecule has 0 saturated carbocycles. The number of aryl methyl sites for hydroxylation is 2. The van der Waals surface area contributed by atoms with E-state index in [-0.39, 0.29) is 20.6 Å². The van der Waals surface area contributed by atoms with Gasteiger partial charge in [0, 0.05) is 5.56 Å². The van der Waals surface area contributed by atoms with Crippen LogP contribution in [0.1, 0.15) is 21.5 Å². The Morgan fingerprint density at radius 2 is 1.52 bits per heavy atom. The molecular weight excluding hydrogens is 354 g/mol. The molecule has 0 heterocycles. The fourth-order valence-electron chi connectivity index (χ4n) is 2.17. The van der Waals surface area contributed by atoms with Crippen LogP contribution >= 0.6 is 46.4 Å². The SMILES string of the molecule is Cc1cc(C)c(-c2c(Cl)cc(Cl)c(Cl)c2Cl)cc1C(=O)O. The zero-order chi connectivity index (χ0) is 15.9. The second-order valence-corrected chi connectivity index (χ2v) is 6.20. The van der Waals surface area contributed by atoms with E-state index in [2.05, 4.69) is 0 Å². The van der Waals surface area contributed by atoms with Gasteiger partial charge in [-0.05, 0) is 42.7 Å². The molecule has 0 aliphatic rings. The van der Waals surface area contributed by atoms with Gasteiger partial charge in [0.05, 0.1) is 25.7 Å². The Morgan fingerprint density at radius 1 is 0.905 bits per heavy atom. The van der Waals surface area contributed by atoms with Gasteiger partial charge in [0.25, 0.3) is 0 Å². The van der Waals surface area contributed by atoms with Crippen molar-refractivity contribution in [2.75, 3.05) is 0 Å². The monoisotopic (exact) mass is 362 g/mol. The molecule has 0 fully saturated rings. The number of hydrogen-bond donors (Lipinski definition) is 1. The maximum atomic E-state index is 11.3. The summed E-state index contributed by atoms with van der Waals surface area (Å²) in [5.74, 6) is -1.01. The molecule has 1 N–H and O–H groups in total. The van der Waals surface area contributed by atoms with Crippen molar-refractivity contribution in [1.29, 1.82) is 0 Å². The van der Waals surface area contributed by atoms with Gasteiger partial charge in [-0.15, -0.1) is 0 Å². The van der Waals surface area contributed by atoms with Crippen LogP contribution in [0.4, 0.5) is 0 Å². The third-order valence-electron chi connectivity index (χ3n) is 3.19. The van der Waals surface area contributed by atoms with Crippen LogP contribution in [-0.2, 0) is 0 Å². The van der Waals surface area contributed by atoms with E-state index in [0.717, 1.165) is 5.56 Å². The van der Waals surface area contributed by atoms with E-state index >= 15 is 0 Å². The van der Waals surface area contributed by atoms with Crippen molar-refractivity contribution in [3.05, 3.63) is 55.0 Å². The number of halogens is 4. The Morgan fingerprint density at radius 3 is 2.10 bits per heavy atom. The summed E-state index contributed by atoms with van der Waals surface area (Å²) in [4.78, 5) is 11.3. The molecule has 110 valence electrons. The van der Waals surface area contributed by atoms with Gasteiger partial charge < -0.3 is 5.11 Å². The van der Waals surface area contributed by atoms with Crippen LogP contribution in [0.3, 0.4) is 0 Å². The van der Waals surface area contributed by atoms with Gasteiger partial charge in [-0.25, -0.2) is 4.79 Å². The average molecular weight is 364 g/mol. The summed E-state index contributed by atoms with van der Waals surface area (Å²) in [5, 5.41) is 10.2. The van der Waals surface area contributed by atoms with E-state index in [1.165, 1.54) is 6.07 Å². The van der Waals surface area contributed by atoms with E-state index < -0.39 is 5.97 Å². The lowest BCUT2D eigenvalue weighted by Gasteiger charge is -2.14. The fraction of sp³-hybridized carbons (Fsp3) is 0.133. The Kier molecular flexibility index (Phi) is 4.74. The normalized spacial score (nSPS) is 10.8. The lowest BCUT2D eigenvalue weighted by atomic mass is 9.95. The van der Waals surface area contributed by atoms with Gasteiger partial charge in [-0.3, -0.25) is 0 Å². The lowest BCUT2D eigenvalue weighted by Crippen LogP contribution is -2.01. The molecule has 2 rings (SSSR count). The van der Waals surface area contributed by atoms with Crippen LogP contribution in [0.15, 0.2) is 18.2 Å². The number of benzene rings is 2. The summed E-state index contributed by atoms with van der Waals surface area (Å²) in [6, 6.07) is 4.81. The highest BCUT2D eigenvalue weighted by Crippen LogP contribution is 2.44. The topological polar surface area (TPSA) is 37.3 Å². The summed E-state index contributed by atoms with van der Waals surface area (Å²) in [5.41, 5.74) is 2.80. The predicted molar refractivity (Wildman–Crippen MR) is 88.4 cm³/mol. The molecule has 0 saturated heterocycles. The first-order valence-electron chi connectivity index (χ1n) is 5.92. The summed E-state index contributed by atoms with van der Waals surface area (Å²) >= 11 is 24.4. The molecule has 0 atom stereocenters. The highest BCUT2D eigenvalue weighted by molar-refractivity contribution is 6.51. The van der Waals surface area contributed by atoms with Crippen LogP contribution < -0.4 is 0 Å². The van der Waals surface area contributed by atoms with Gasteiger partial charge in [0.2, 0.25) is 0 Å². The molecule has 0 bridgehead atoms. The predicted octanol–water partition coefficient (Wildman–Crippen LogP) is 6.28. The first-order chi connectivity index (χ1) is 9.73. The summed E-state index contributed by atoms with van der Waals surface area (Å²) in [6.07, 6.45) is 0. The van der Waals surface area contributed by atoms with Gasteiger partial charge in [0.15, 0.2) is 0 Å². The molecule has 0 spiro atoms. The molecule has 2 aromatic rings. The zero-order valence-electron chi connectivity index (χ0n) is 11.1. The maximum Gasteiger partial charge on any atom is 0.335 e. The molecule has 0 aromatic heterocycles. The quantitative estimate of drug-likeness (QED) is 0.503. The second-order valence-electron chi connectivity index (χ2n) is 4.63. The first-order valence-corrected chi connectivity index (χ1v) is 7.43. The highest BCUT2D eigenvalue weighted by Gasteiger charge is 2.19. The summed E-state index contributed by atoms with van der Waals surface area (Å²) < 4.78 is 0. The lowest BCUT2D eigenvalue weighted by molar-refractivity contribution is 0.0696. The van der Waals surface area contributed by atoms with E-state index in [4.69, 9.17) is 46.4 Å². The van der Waals surface area contributed by atoms with Gasteiger partial charge in [-0.2, -0.15) is 0 Å². The van der Waals surface area contributed by atoms with Crippen LogP contribution in [0.2, 0.25) is 20.1 Å². The molecule has 0 unspecified atom stereocenters. The third kappa shape index (κ3) is 3.00. The molecular formula is C15H10Cl4O2. The van der Waals surface area contributed by atoms with Crippen molar-refractivity contribution in [3.63, 3.8) is 0 Å². The van der Waals surface area contributed by atoms with Gasteiger partial charge in [-0.1, -0.05) is 52.5 Å². The fourth-order valence-corrected chi connectivity index (χ4v) is 3.28. The van der Waals surface area contributed by atoms with Crippen LogP contribution in [0.25, 0.3) is 11.1 Å². The van der Waals surface area contributed by atoms with E-state index in [0.29, 0.717) is 21.7 Å². The molecule has 21 heavy (non-hydrogen) atoms. The smallest absolute Gasteiger partial charge is 0.335 e. The van der Waals surface area contributed by atoms with Crippen LogP contribution in [0.5, 0.6) is 0 Å². The first kappa shape index (κ1) is 16.4. The molecule has 0 amide bonds. The number of carbonyl (C=O) groups is 1. The Labute approximate surface area is 142 Å². The number of carboxylic acid groups (broad SMARTS) is 1. The Bertz CT molecular complexity index is 754. The van der Waals surface area contributed by atoms with E-state index in [1.54, 1.807) is 19.1 Å². The van der Waals surface area contributed by atoms with E-state index in [1.807, 2.05) is 6.92 Å². The molecule has 2 aromatic carbocycles. The van der Waals surface area contributed by atoms with Crippen molar-refractivity contribution in [2.45, 2.75) is 13.8 Å². The Balaban J connectivity index is 2.82. The molecule has 0 radical (unpaired) electrons. The van der Waals surface area contributed by atoms with Gasteiger partial charge in [0.1, 0.15) is 0 Å².